The van der Waals surface area contributed by atoms with Crippen molar-refractivity contribution >= 4 is 29.6 Å². The average Bonchev–Trinajstić information content (AvgIpc) is 2.87. The molecule has 20 heavy (non-hydrogen) atoms. The Hall–Kier alpha value is -1.45. The van der Waals surface area contributed by atoms with E-state index < -0.39 is 19.0 Å². The monoisotopic (exact) mass is 334 g/mol. The Morgan fingerprint density at radius 3 is 2.45 bits per heavy atom. The summed E-state index contributed by atoms with van der Waals surface area (Å²) in [5, 5.41) is 7.37. The Bertz CT molecular complexity index is 823. The van der Waals surface area contributed by atoms with Gasteiger partial charge in [-0.15, -0.1) is 10.2 Å². The van der Waals surface area contributed by atoms with Gasteiger partial charge < -0.3 is 0 Å². The number of para-hydroxylation sites is 1. The first kappa shape index (κ1) is 14.9. The largest absolute Gasteiger partial charge is 0.347 e. The van der Waals surface area contributed by atoms with Crippen LogP contribution in [0.4, 0.5) is 0 Å². The molecule has 0 N–H and O–H groups in total. The highest BCUT2D eigenvalue weighted by Crippen LogP contribution is 2.18. The van der Waals surface area contributed by atoms with Crippen molar-refractivity contribution in [1.29, 1.82) is 0 Å². The third-order valence-electron chi connectivity index (χ3n) is 2.44. The molecule has 7 nitrogen and oxygen atoms in total. The minimum atomic E-state index is -4.28. The molecule has 0 bridgehead atoms. The summed E-state index contributed by atoms with van der Waals surface area (Å²) < 4.78 is 39.6. The van der Waals surface area contributed by atoms with Gasteiger partial charge in [-0.2, -0.15) is 8.42 Å². The molecular formula is C10H11ClN4O3S2. The summed E-state index contributed by atoms with van der Waals surface area (Å²) in [7, 11) is -2.50. The third kappa shape index (κ3) is 3.17. The second-order valence-corrected chi connectivity index (χ2v) is 8.55. The Kier molecular flexibility index (Phi) is 4.11. The molecule has 0 saturated heterocycles. The Balaban J connectivity index is 2.69. The lowest BCUT2D eigenvalue weighted by Crippen LogP contribution is -2.12. The van der Waals surface area contributed by atoms with Crippen LogP contribution in [-0.2, 0) is 19.0 Å². The summed E-state index contributed by atoms with van der Waals surface area (Å²) in [6, 6.07) is 8.87. The standard InChI is InChI=1S/C10H11ClN4O3S2/c1-2-19(16,14-20(11,17)18)10-13-12-8-15(10)9-6-4-3-5-7-9/h3-8H,2H2,1H3. The lowest BCUT2D eigenvalue weighted by molar-refractivity contribution is 0.610. The van der Waals surface area contributed by atoms with Crippen LogP contribution < -0.4 is 0 Å². The predicted octanol–water partition coefficient (Wildman–Crippen LogP) is 1.60. The Morgan fingerprint density at radius 1 is 1.25 bits per heavy atom. The quantitative estimate of drug-likeness (QED) is 0.791. The number of rotatable bonds is 4. The summed E-state index contributed by atoms with van der Waals surface area (Å²) in [6.45, 7) is 1.54. The second-order valence-electron chi connectivity index (χ2n) is 3.73. The van der Waals surface area contributed by atoms with Crippen molar-refractivity contribution < 1.29 is 12.6 Å². The zero-order chi connectivity index (χ0) is 14.8. The molecular weight excluding hydrogens is 324 g/mol. The fraction of sp³-hybridized carbons (Fsp3) is 0.200. The molecule has 1 heterocycles. The van der Waals surface area contributed by atoms with Crippen molar-refractivity contribution in [3.63, 3.8) is 0 Å². The maximum absolute atomic E-state index is 12.7. The van der Waals surface area contributed by atoms with Crippen LogP contribution in [0.15, 0.2) is 45.6 Å². The van der Waals surface area contributed by atoms with E-state index in [1.807, 2.05) is 6.07 Å². The molecule has 2 aromatic rings. The summed E-state index contributed by atoms with van der Waals surface area (Å²) in [5.41, 5.74) is 0.649. The van der Waals surface area contributed by atoms with Crippen LogP contribution in [0.1, 0.15) is 6.92 Å². The van der Waals surface area contributed by atoms with Crippen molar-refractivity contribution in [3.8, 4) is 5.69 Å². The summed E-state index contributed by atoms with van der Waals surface area (Å²) in [6.07, 6.45) is 1.34. The third-order valence-corrected chi connectivity index (χ3v) is 6.25. The molecule has 0 saturated carbocycles. The lowest BCUT2D eigenvalue weighted by Gasteiger charge is -2.08. The number of hydrogen-bond acceptors (Lipinski definition) is 5. The number of hydrogen-bond donors (Lipinski definition) is 0. The Morgan fingerprint density at radius 2 is 1.90 bits per heavy atom. The zero-order valence-electron chi connectivity index (χ0n) is 10.4. The number of aromatic nitrogens is 3. The highest BCUT2D eigenvalue weighted by molar-refractivity contribution is 8.17. The molecule has 1 aromatic heterocycles. The minimum Gasteiger partial charge on any atom is -0.274 e. The van der Waals surface area contributed by atoms with Crippen molar-refractivity contribution in [2.75, 3.05) is 5.75 Å². The average molecular weight is 335 g/mol. The maximum Gasteiger partial charge on any atom is 0.347 e. The number of halogens is 1. The van der Waals surface area contributed by atoms with Gasteiger partial charge in [0.15, 0.2) is 0 Å². The van der Waals surface area contributed by atoms with Gasteiger partial charge in [0.1, 0.15) is 16.1 Å². The van der Waals surface area contributed by atoms with Gasteiger partial charge in [-0.25, -0.2) is 4.21 Å². The van der Waals surface area contributed by atoms with Crippen LogP contribution in [0.3, 0.4) is 0 Å². The Labute approximate surface area is 121 Å². The van der Waals surface area contributed by atoms with E-state index in [-0.39, 0.29) is 10.9 Å². The van der Waals surface area contributed by atoms with Gasteiger partial charge in [0.25, 0.3) is 0 Å². The van der Waals surface area contributed by atoms with Gasteiger partial charge in [0, 0.05) is 22.1 Å². The highest BCUT2D eigenvalue weighted by atomic mass is 35.7. The highest BCUT2D eigenvalue weighted by Gasteiger charge is 2.22. The van der Waals surface area contributed by atoms with Crippen LogP contribution in [-0.4, -0.2) is 33.1 Å². The maximum atomic E-state index is 12.7. The molecule has 10 heteroatoms. The lowest BCUT2D eigenvalue weighted by atomic mass is 10.3. The number of benzene rings is 1. The van der Waals surface area contributed by atoms with Crippen LogP contribution in [0.2, 0.25) is 0 Å². The molecule has 1 aromatic carbocycles. The van der Waals surface area contributed by atoms with Gasteiger partial charge >= 0.3 is 9.24 Å². The van der Waals surface area contributed by atoms with E-state index in [9.17, 15) is 12.6 Å². The van der Waals surface area contributed by atoms with E-state index in [4.69, 9.17) is 10.7 Å². The summed E-state index contributed by atoms with van der Waals surface area (Å²) >= 11 is 0. The normalized spacial score (nSPS) is 14.7. The molecule has 0 radical (unpaired) electrons. The van der Waals surface area contributed by atoms with Crippen molar-refractivity contribution in [3.05, 3.63) is 36.7 Å². The van der Waals surface area contributed by atoms with Crippen LogP contribution in [0.25, 0.3) is 5.69 Å². The van der Waals surface area contributed by atoms with Crippen LogP contribution in [0.5, 0.6) is 0 Å². The van der Waals surface area contributed by atoms with Gasteiger partial charge in [-0.3, -0.25) is 4.57 Å². The van der Waals surface area contributed by atoms with Crippen molar-refractivity contribution in [2.45, 2.75) is 12.1 Å². The van der Waals surface area contributed by atoms with Gasteiger partial charge in [0.2, 0.25) is 5.16 Å². The SMILES string of the molecule is CCS(=O)(=NS(=O)(=O)Cl)c1nncn1-c1ccccc1. The first-order chi connectivity index (χ1) is 9.36. The van der Waals surface area contributed by atoms with Gasteiger partial charge in [-0.1, -0.05) is 28.9 Å². The predicted molar refractivity (Wildman–Crippen MR) is 75.5 cm³/mol. The zero-order valence-corrected chi connectivity index (χ0v) is 12.8. The molecule has 2 rings (SSSR count). The van der Waals surface area contributed by atoms with Crippen LogP contribution in [0, 0.1) is 0 Å². The molecule has 0 spiro atoms. The second kappa shape index (κ2) is 5.51. The molecule has 0 aliphatic rings. The van der Waals surface area contributed by atoms with E-state index in [1.54, 1.807) is 24.3 Å². The van der Waals surface area contributed by atoms with E-state index >= 15 is 0 Å². The van der Waals surface area contributed by atoms with Gasteiger partial charge in [-0.05, 0) is 12.1 Å². The van der Waals surface area contributed by atoms with Crippen LogP contribution >= 0.6 is 10.7 Å². The molecule has 0 aliphatic carbocycles. The van der Waals surface area contributed by atoms with E-state index in [0.717, 1.165) is 0 Å². The fourth-order valence-corrected chi connectivity index (χ4v) is 5.12. The molecule has 0 amide bonds. The fourth-order valence-electron chi connectivity index (χ4n) is 1.57. The minimum absolute atomic E-state index is 0.0459. The van der Waals surface area contributed by atoms with Crippen molar-refractivity contribution in [2.24, 2.45) is 3.77 Å². The van der Waals surface area contributed by atoms with Gasteiger partial charge in [0.05, 0.1) is 0 Å². The van der Waals surface area contributed by atoms with E-state index in [0.29, 0.717) is 5.69 Å². The topological polar surface area (TPSA) is 94.3 Å². The smallest absolute Gasteiger partial charge is 0.274 e. The molecule has 0 aliphatic heterocycles. The van der Waals surface area contributed by atoms with E-state index in [2.05, 4.69) is 14.0 Å². The summed E-state index contributed by atoms with van der Waals surface area (Å²) in [5.74, 6) is -0.0511. The molecule has 1 unspecified atom stereocenters. The first-order valence-electron chi connectivity index (χ1n) is 5.52. The van der Waals surface area contributed by atoms with E-state index in [1.165, 1.54) is 17.8 Å². The number of nitrogens with zero attached hydrogens (tertiary/aromatic N) is 4. The molecule has 1 atom stereocenters. The summed E-state index contributed by atoms with van der Waals surface area (Å²) in [4.78, 5) is 0. The molecule has 0 fully saturated rings. The van der Waals surface area contributed by atoms with Crippen molar-refractivity contribution in [1.82, 2.24) is 14.8 Å². The molecule has 108 valence electrons. The first-order valence-corrected chi connectivity index (χ1v) is 9.47.